The normalized spacial score (nSPS) is 9.04. The molecule has 0 atom stereocenters. The van der Waals surface area contributed by atoms with Gasteiger partial charge < -0.3 is 30.6 Å². The first-order chi connectivity index (χ1) is 10.3. The smallest absolute Gasteiger partial charge is 0.343 e. The Morgan fingerprint density at radius 3 is 0.957 bits per heavy atom. The first kappa shape index (κ1) is 20.1. The fraction of sp³-hybridized carbons (Fsp3) is 0. The Kier molecular flexibility index (Phi) is 7.45. The minimum Gasteiger partial charge on any atom is -0.507 e. The van der Waals surface area contributed by atoms with Crippen molar-refractivity contribution in [2.45, 2.75) is 0 Å². The van der Waals surface area contributed by atoms with E-state index in [1.807, 2.05) is 0 Å². The van der Waals surface area contributed by atoms with Gasteiger partial charge in [0.1, 0.15) is 34.1 Å². The van der Waals surface area contributed by atoms with E-state index in [0.717, 1.165) is 0 Å². The summed E-state index contributed by atoms with van der Waals surface area (Å²) >= 11 is 0. The molecule has 0 spiro atoms. The van der Waals surface area contributed by atoms with Crippen LogP contribution in [0.5, 0.6) is 23.0 Å². The van der Waals surface area contributed by atoms with Gasteiger partial charge in [0.25, 0.3) is 0 Å². The summed E-state index contributed by atoms with van der Waals surface area (Å²) in [5.74, 6) is -4.42. The van der Waals surface area contributed by atoms with Crippen LogP contribution in [0.25, 0.3) is 0 Å². The Labute approximate surface area is 140 Å². The van der Waals surface area contributed by atoms with Crippen molar-refractivity contribution in [1.82, 2.24) is 0 Å². The maximum Gasteiger partial charge on any atom is 0.343 e. The number of carbonyl (C=O) groups is 2. The third-order valence-corrected chi connectivity index (χ3v) is 2.47. The van der Waals surface area contributed by atoms with Crippen LogP contribution in [0.4, 0.5) is 0 Å². The fourth-order valence-electron chi connectivity index (χ4n) is 1.49. The monoisotopic (exact) mass is 363 g/mol. The molecule has 0 unspecified atom stereocenters. The van der Waals surface area contributed by atoms with E-state index < -0.39 is 46.1 Å². The van der Waals surface area contributed by atoms with E-state index in [4.69, 9.17) is 30.6 Å². The van der Waals surface area contributed by atoms with Crippen LogP contribution in [0.2, 0.25) is 0 Å². The third-order valence-electron chi connectivity index (χ3n) is 2.47. The van der Waals surface area contributed by atoms with Crippen molar-refractivity contribution in [3.63, 3.8) is 0 Å². The molecule has 0 aliphatic rings. The van der Waals surface area contributed by atoms with E-state index in [9.17, 15) is 9.59 Å². The van der Waals surface area contributed by atoms with Crippen LogP contribution in [0.15, 0.2) is 36.4 Å². The Morgan fingerprint density at radius 2 is 0.826 bits per heavy atom. The average molecular weight is 363 g/mol. The van der Waals surface area contributed by atoms with Crippen LogP contribution in [0, 0.1) is 0 Å². The maximum atomic E-state index is 10.3. The van der Waals surface area contributed by atoms with E-state index in [1.54, 1.807) is 0 Å². The number of hydrogen-bond donors (Lipinski definition) is 6. The summed E-state index contributed by atoms with van der Waals surface area (Å²) in [6.07, 6.45) is 0. The molecule has 0 saturated heterocycles. The molecular weight excluding hydrogens is 351 g/mol. The van der Waals surface area contributed by atoms with Gasteiger partial charge >= 0.3 is 11.9 Å². The second kappa shape index (κ2) is 8.52. The summed E-state index contributed by atoms with van der Waals surface area (Å²) in [5.41, 5.74) is -0.931. The number of aromatic carboxylic acids is 2. The molecule has 23 heavy (non-hydrogen) atoms. The first-order valence-electron chi connectivity index (χ1n) is 5.74. The second-order valence-corrected chi connectivity index (χ2v) is 3.95. The van der Waals surface area contributed by atoms with Crippen LogP contribution < -0.4 is 0 Å². The minimum absolute atomic E-state index is 0. The molecule has 9 heteroatoms. The SMILES string of the molecule is O=C(O)c1c(O)cccc1O.O=C(O)c1c(O)cccc1O.[Mn]. The summed E-state index contributed by atoms with van der Waals surface area (Å²) in [6.45, 7) is 0. The van der Waals surface area contributed by atoms with Crippen LogP contribution in [-0.2, 0) is 17.1 Å². The Bertz CT molecular complexity index is 612. The predicted octanol–water partition coefficient (Wildman–Crippen LogP) is 1.59. The zero-order chi connectivity index (χ0) is 16.9. The van der Waals surface area contributed by atoms with Crippen LogP contribution in [-0.4, -0.2) is 42.6 Å². The molecule has 0 aliphatic carbocycles. The summed E-state index contributed by atoms with van der Waals surface area (Å²) in [6, 6.07) is 7.51. The number of carboxylic acid groups (broad SMARTS) is 2. The molecule has 0 aromatic heterocycles. The van der Waals surface area contributed by atoms with Gasteiger partial charge in [0.2, 0.25) is 0 Å². The molecule has 0 saturated carbocycles. The molecule has 0 aliphatic heterocycles. The van der Waals surface area contributed by atoms with Crippen molar-refractivity contribution in [3.05, 3.63) is 47.5 Å². The van der Waals surface area contributed by atoms with Crippen molar-refractivity contribution in [2.24, 2.45) is 0 Å². The molecule has 8 nitrogen and oxygen atoms in total. The quantitative estimate of drug-likeness (QED) is 0.439. The van der Waals surface area contributed by atoms with Crippen molar-refractivity contribution in [2.75, 3.05) is 0 Å². The van der Waals surface area contributed by atoms with E-state index in [1.165, 1.54) is 36.4 Å². The number of benzene rings is 2. The molecule has 0 fully saturated rings. The van der Waals surface area contributed by atoms with Crippen LogP contribution >= 0.6 is 0 Å². The summed E-state index contributed by atoms with van der Waals surface area (Å²) < 4.78 is 0. The van der Waals surface area contributed by atoms with Gasteiger partial charge in [-0.3, -0.25) is 0 Å². The van der Waals surface area contributed by atoms with Crippen LogP contribution in [0.1, 0.15) is 20.7 Å². The zero-order valence-corrected chi connectivity index (χ0v) is 12.5. The third kappa shape index (κ3) is 5.10. The molecule has 123 valence electrons. The molecule has 2 aromatic carbocycles. The van der Waals surface area contributed by atoms with Gasteiger partial charge in [0.15, 0.2) is 0 Å². The topological polar surface area (TPSA) is 156 Å². The van der Waals surface area contributed by atoms with Crippen molar-refractivity contribution < 1.29 is 57.3 Å². The first-order valence-corrected chi connectivity index (χ1v) is 5.74. The van der Waals surface area contributed by atoms with Crippen molar-refractivity contribution in [1.29, 1.82) is 0 Å². The largest absolute Gasteiger partial charge is 0.507 e. The van der Waals surface area contributed by atoms with Gasteiger partial charge in [0, 0.05) is 17.1 Å². The van der Waals surface area contributed by atoms with Gasteiger partial charge in [-0.15, -0.1) is 0 Å². The second-order valence-electron chi connectivity index (χ2n) is 3.95. The fourth-order valence-corrected chi connectivity index (χ4v) is 1.49. The molecule has 2 rings (SSSR count). The standard InChI is InChI=1S/2C7H6O4.Mn/c2*8-4-2-1-3-5(9)6(4)7(10)11;/h2*1-3,8-9H,(H,10,11);. The predicted molar refractivity (Wildman–Crippen MR) is 73.5 cm³/mol. The van der Waals surface area contributed by atoms with Gasteiger partial charge in [0.05, 0.1) is 0 Å². The Morgan fingerprint density at radius 1 is 0.609 bits per heavy atom. The number of carboxylic acids is 2. The van der Waals surface area contributed by atoms with E-state index >= 15 is 0 Å². The molecule has 0 heterocycles. The number of hydrogen-bond acceptors (Lipinski definition) is 6. The Hall–Kier alpha value is -2.90. The van der Waals surface area contributed by atoms with Gasteiger partial charge in [-0.1, -0.05) is 12.1 Å². The molecular formula is C14H12MnO8. The maximum absolute atomic E-state index is 10.3. The van der Waals surface area contributed by atoms with E-state index in [0.29, 0.717) is 0 Å². The summed E-state index contributed by atoms with van der Waals surface area (Å²) in [7, 11) is 0. The van der Waals surface area contributed by atoms with E-state index in [2.05, 4.69) is 0 Å². The summed E-state index contributed by atoms with van der Waals surface area (Å²) in [4.78, 5) is 20.6. The average Bonchev–Trinajstić information content (AvgIpc) is 2.38. The minimum atomic E-state index is -1.35. The zero-order valence-electron chi connectivity index (χ0n) is 11.3. The molecule has 2 aromatic rings. The molecule has 0 amide bonds. The number of phenols is 4. The van der Waals surface area contributed by atoms with Gasteiger partial charge in [-0.05, 0) is 24.3 Å². The number of rotatable bonds is 2. The molecule has 0 bridgehead atoms. The van der Waals surface area contributed by atoms with Crippen molar-refractivity contribution >= 4 is 11.9 Å². The molecule has 1 radical (unpaired) electrons. The Balaban J connectivity index is 0.000000403. The molecule has 6 N–H and O–H groups in total. The van der Waals surface area contributed by atoms with Gasteiger partial charge in [-0.25, -0.2) is 9.59 Å². The van der Waals surface area contributed by atoms with E-state index in [-0.39, 0.29) is 17.1 Å². The van der Waals surface area contributed by atoms with Crippen LogP contribution in [0.3, 0.4) is 0 Å². The van der Waals surface area contributed by atoms with Crippen molar-refractivity contribution in [3.8, 4) is 23.0 Å². The van der Waals surface area contributed by atoms with Gasteiger partial charge in [-0.2, -0.15) is 0 Å². The summed E-state index contributed by atoms with van der Waals surface area (Å²) in [5, 5.41) is 52.5. The number of aromatic hydroxyl groups is 4.